The SMILES string of the molecule is CNc1cc(NCC2(SC)CCC2)nc(COC)n1. The van der Waals surface area contributed by atoms with E-state index >= 15 is 0 Å². The molecule has 19 heavy (non-hydrogen) atoms. The standard InChI is InChI=1S/C13H22N4OS/c1-14-10-7-11(17-12(16-10)8-18-2)15-9-13(19-3)5-4-6-13/h7H,4-6,8-9H2,1-3H3,(H2,14,15,16,17). The molecule has 1 aliphatic rings. The number of nitrogens with zero attached hydrogens (tertiary/aromatic N) is 2. The van der Waals surface area contributed by atoms with Crippen LogP contribution in [-0.4, -0.2) is 41.7 Å². The number of ether oxygens (including phenoxy) is 1. The second kappa shape index (κ2) is 6.43. The van der Waals surface area contributed by atoms with Crippen molar-refractivity contribution in [3.63, 3.8) is 0 Å². The van der Waals surface area contributed by atoms with Gasteiger partial charge in [-0.15, -0.1) is 0 Å². The normalized spacial score (nSPS) is 16.8. The maximum Gasteiger partial charge on any atom is 0.158 e. The lowest BCUT2D eigenvalue weighted by Crippen LogP contribution is -2.40. The largest absolute Gasteiger partial charge is 0.377 e. The fourth-order valence-electron chi connectivity index (χ4n) is 2.19. The molecule has 1 aromatic rings. The van der Waals surface area contributed by atoms with Gasteiger partial charge in [0, 0.05) is 31.5 Å². The molecule has 0 bridgehead atoms. The summed E-state index contributed by atoms with van der Waals surface area (Å²) in [5.74, 6) is 2.38. The zero-order valence-corrected chi connectivity index (χ0v) is 12.6. The molecule has 1 aliphatic carbocycles. The van der Waals surface area contributed by atoms with Crippen LogP contribution in [0.3, 0.4) is 0 Å². The van der Waals surface area contributed by atoms with E-state index in [1.165, 1.54) is 19.3 Å². The van der Waals surface area contributed by atoms with Gasteiger partial charge < -0.3 is 15.4 Å². The maximum absolute atomic E-state index is 5.10. The predicted octanol–water partition coefficient (Wildman–Crippen LogP) is 2.36. The van der Waals surface area contributed by atoms with Crippen LogP contribution in [0.4, 0.5) is 11.6 Å². The highest BCUT2D eigenvalue weighted by Crippen LogP contribution is 2.42. The van der Waals surface area contributed by atoms with Gasteiger partial charge in [-0.1, -0.05) is 6.42 Å². The minimum absolute atomic E-state index is 0.395. The first-order valence-electron chi connectivity index (χ1n) is 6.55. The Labute approximate surface area is 118 Å². The number of hydrogen-bond acceptors (Lipinski definition) is 6. The van der Waals surface area contributed by atoms with E-state index in [1.54, 1.807) is 7.11 Å². The van der Waals surface area contributed by atoms with Crippen LogP contribution < -0.4 is 10.6 Å². The molecule has 2 rings (SSSR count). The topological polar surface area (TPSA) is 59.1 Å². The van der Waals surface area contributed by atoms with Gasteiger partial charge in [0.2, 0.25) is 0 Å². The van der Waals surface area contributed by atoms with Crippen LogP contribution >= 0.6 is 11.8 Å². The Morgan fingerprint density at radius 3 is 2.63 bits per heavy atom. The molecule has 2 N–H and O–H groups in total. The molecule has 0 aromatic carbocycles. The van der Waals surface area contributed by atoms with Crippen molar-refractivity contribution in [3.05, 3.63) is 11.9 Å². The molecule has 106 valence electrons. The average Bonchev–Trinajstić information content (AvgIpc) is 2.38. The third-order valence-electron chi connectivity index (χ3n) is 3.59. The van der Waals surface area contributed by atoms with Gasteiger partial charge in [-0.2, -0.15) is 11.8 Å². The summed E-state index contributed by atoms with van der Waals surface area (Å²) >= 11 is 1.96. The van der Waals surface area contributed by atoms with E-state index < -0.39 is 0 Å². The van der Waals surface area contributed by atoms with Crippen molar-refractivity contribution in [2.45, 2.75) is 30.6 Å². The molecular weight excluding hydrogens is 260 g/mol. The van der Waals surface area contributed by atoms with Gasteiger partial charge in [0.25, 0.3) is 0 Å². The van der Waals surface area contributed by atoms with Crippen LogP contribution in [0.5, 0.6) is 0 Å². The first-order valence-corrected chi connectivity index (χ1v) is 7.77. The smallest absolute Gasteiger partial charge is 0.158 e. The summed E-state index contributed by atoms with van der Waals surface area (Å²) in [4.78, 5) is 8.82. The lowest BCUT2D eigenvalue weighted by Gasteiger charge is -2.40. The van der Waals surface area contributed by atoms with Gasteiger partial charge in [-0.25, -0.2) is 9.97 Å². The molecule has 5 nitrogen and oxygen atoms in total. The summed E-state index contributed by atoms with van der Waals surface area (Å²) in [6.07, 6.45) is 6.10. The lowest BCUT2D eigenvalue weighted by atomic mass is 9.84. The Morgan fingerprint density at radius 1 is 1.37 bits per heavy atom. The van der Waals surface area contributed by atoms with Gasteiger partial charge >= 0.3 is 0 Å². The summed E-state index contributed by atoms with van der Waals surface area (Å²) in [6.45, 7) is 1.39. The molecule has 1 aromatic heterocycles. The summed E-state index contributed by atoms with van der Waals surface area (Å²) in [5, 5.41) is 6.50. The van der Waals surface area contributed by atoms with E-state index in [0.717, 1.165) is 18.2 Å². The highest BCUT2D eigenvalue weighted by atomic mass is 32.2. The molecular formula is C13H22N4OS. The molecule has 1 fully saturated rings. The second-order valence-electron chi connectivity index (χ2n) is 4.83. The van der Waals surface area contributed by atoms with Crippen LogP contribution in [-0.2, 0) is 11.3 Å². The molecule has 0 aliphatic heterocycles. The number of nitrogens with one attached hydrogen (secondary N) is 2. The molecule has 0 amide bonds. The monoisotopic (exact) mass is 282 g/mol. The first kappa shape index (κ1) is 14.4. The molecule has 0 saturated heterocycles. The quantitative estimate of drug-likeness (QED) is 0.800. The fourth-order valence-corrected chi connectivity index (χ4v) is 3.10. The summed E-state index contributed by atoms with van der Waals surface area (Å²) in [6, 6.07) is 1.94. The van der Waals surface area contributed by atoms with Crippen molar-refractivity contribution in [2.24, 2.45) is 0 Å². The zero-order chi connectivity index (χ0) is 13.7. The van der Waals surface area contributed by atoms with E-state index in [0.29, 0.717) is 17.2 Å². The molecule has 0 atom stereocenters. The van der Waals surface area contributed by atoms with Crippen molar-refractivity contribution in [1.82, 2.24) is 9.97 Å². The van der Waals surface area contributed by atoms with Gasteiger partial charge in [0.05, 0.1) is 0 Å². The molecule has 1 saturated carbocycles. The minimum atomic E-state index is 0.395. The Hall–Kier alpha value is -1.01. The first-order chi connectivity index (χ1) is 9.21. The van der Waals surface area contributed by atoms with E-state index in [4.69, 9.17) is 4.74 Å². The Morgan fingerprint density at radius 2 is 2.11 bits per heavy atom. The summed E-state index contributed by atoms with van der Waals surface area (Å²) in [5.41, 5.74) is 0. The third-order valence-corrected chi connectivity index (χ3v) is 5.01. The van der Waals surface area contributed by atoms with E-state index in [2.05, 4.69) is 26.9 Å². The highest BCUT2D eigenvalue weighted by Gasteiger charge is 2.35. The van der Waals surface area contributed by atoms with Crippen LogP contribution in [0.25, 0.3) is 0 Å². The second-order valence-corrected chi connectivity index (χ2v) is 6.11. The van der Waals surface area contributed by atoms with Crippen molar-refractivity contribution in [1.29, 1.82) is 0 Å². The molecule has 0 radical (unpaired) electrons. The number of aromatic nitrogens is 2. The van der Waals surface area contributed by atoms with Crippen molar-refractivity contribution >= 4 is 23.4 Å². The number of anilines is 2. The number of rotatable bonds is 7. The van der Waals surface area contributed by atoms with Gasteiger partial charge in [-0.3, -0.25) is 0 Å². The van der Waals surface area contributed by atoms with Gasteiger partial charge in [-0.05, 0) is 19.1 Å². The fraction of sp³-hybridized carbons (Fsp3) is 0.692. The zero-order valence-electron chi connectivity index (χ0n) is 11.8. The average molecular weight is 282 g/mol. The van der Waals surface area contributed by atoms with Crippen LogP contribution in [0.15, 0.2) is 6.07 Å². The van der Waals surface area contributed by atoms with Gasteiger partial charge in [0.1, 0.15) is 18.2 Å². The number of hydrogen-bond donors (Lipinski definition) is 2. The molecule has 6 heteroatoms. The predicted molar refractivity (Wildman–Crippen MR) is 80.9 cm³/mol. The van der Waals surface area contributed by atoms with E-state index in [-0.39, 0.29) is 0 Å². The highest BCUT2D eigenvalue weighted by molar-refractivity contribution is 8.00. The maximum atomic E-state index is 5.10. The Balaban J connectivity index is 2.04. The number of thioether (sulfide) groups is 1. The van der Waals surface area contributed by atoms with Crippen molar-refractivity contribution in [3.8, 4) is 0 Å². The van der Waals surface area contributed by atoms with Gasteiger partial charge in [0.15, 0.2) is 5.82 Å². The summed E-state index contributed by atoms with van der Waals surface area (Å²) < 4.78 is 5.49. The number of methoxy groups -OCH3 is 1. The van der Waals surface area contributed by atoms with Crippen molar-refractivity contribution in [2.75, 3.05) is 37.6 Å². The lowest BCUT2D eigenvalue weighted by molar-refractivity contribution is 0.178. The van der Waals surface area contributed by atoms with E-state index in [9.17, 15) is 0 Å². The van der Waals surface area contributed by atoms with Crippen LogP contribution in [0.2, 0.25) is 0 Å². The Bertz CT molecular complexity index is 418. The van der Waals surface area contributed by atoms with Crippen LogP contribution in [0, 0.1) is 0 Å². The minimum Gasteiger partial charge on any atom is -0.377 e. The molecule has 0 unspecified atom stereocenters. The molecule has 1 heterocycles. The summed E-state index contributed by atoms with van der Waals surface area (Å²) in [7, 11) is 3.51. The van der Waals surface area contributed by atoms with Crippen molar-refractivity contribution < 1.29 is 4.74 Å². The Kier molecular flexibility index (Phi) is 4.87. The van der Waals surface area contributed by atoms with Crippen LogP contribution in [0.1, 0.15) is 25.1 Å². The third kappa shape index (κ3) is 3.51. The van der Waals surface area contributed by atoms with E-state index in [1.807, 2.05) is 24.9 Å². The molecule has 0 spiro atoms.